The van der Waals surface area contributed by atoms with Gasteiger partial charge in [0.15, 0.2) is 0 Å². The largest absolute Gasteiger partial charge is 0.326 e. The number of hydrogen-bond acceptors (Lipinski definition) is 2. The first-order valence-electron chi connectivity index (χ1n) is 7.24. The van der Waals surface area contributed by atoms with Gasteiger partial charge in [-0.15, -0.1) is 0 Å². The molecule has 0 saturated carbocycles. The third kappa shape index (κ3) is 2.65. The molecule has 1 atom stereocenters. The maximum absolute atomic E-state index is 12.2. The van der Waals surface area contributed by atoms with Crippen molar-refractivity contribution in [1.82, 2.24) is 14.5 Å². The summed E-state index contributed by atoms with van der Waals surface area (Å²) < 4.78 is 1.84. The van der Waals surface area contributed by atoms with Gasteiger partial charge in [-0.3, -0.25) is 9.47 Å². The number of aromatic amines is 1. The van der Waals surface area contributed by atoms with Crippen molar-refractivity contribution in [3.8, 4) is 0 Å². The molecule has 0 spiro atoms. The highest BCUT2D eigenvalue weighted by Crippen LogP contribution is 2.27. The van der Waals surface area contributed by atoms with E-state index in [1.807, 2.05) is 16.7 Å². The molecule has 0 fully saturated rings. The molecule has 1 aromatic carbocycles. The fraction of sp³-hybridized carbons (Fsp3) is 0.438. The van der Waals surface area contributed by atoms with Gasteiger partial charge < -0.3 is 4.98 Å². The molecule has 2 heterocycles. The monoisotopic (exact) mass is 305 g/mol. The quantitative estimate of drug-likeness (QED) is 0.866. The van der Waals surface area contributed by atoms with Gasteiger partial charge in [-0.1, -0.05) is 23.3 Å². The lowest BCUT2D eigenvalue weighted by atomic mass is 10.1. The van der Waals surface area contributed by atoms with E-state index in [2.05, 4.69) is 36.7 Å². The maximum atomic E-state index is 12.2. The van der Waals surface area contributed by atoms with E-state index in [0.29, 0.717) is 17.6 Å². The molecule has 112 valence electrons. The third-order valence-electron chi connectivity index (χ3n) is 4.09. The Morgan fingerprint density at radius 3 is 2.95 bits per heavy atom. The molecule has 1 N–H and O–H groups in total. The molecule has 0 amide bonds. The number of nitrogens with zero attached hydrogens (tertiary/aromatic N) is 2. The summed E-state index contributed by atoms with van der Waals surface area (Å²) in [6, 6.07) is 4.10. The van der Waals surface area contributed by atoms with Crippen LogP contribution in [0.15, 0.2) is 28.6 Å². The summed E-state index contributed by atoms with van der Waals surface area (Å²) >= 11 is 6.19. The van der Waals surface area contributed by atoms with Crippen LogP contribution in [0.4, 0.5) is 0 Å². The second kappa shape index (κ2) is 5.35. The molecule has 1 aromatic heterocycles. The Morgan fingerprint density at radius 2 is 2.24 bits per heavy atom. The predicted molar refractivity (Wildman–Crippen MR) is 86.9 cm³/mol. The maximum Gasteiger partial charge on any atom is 0.326 e. The van der Waals surface area contributed by atoms with E-state index in [0.717, 1.165) is 29.7 Å². The second-order valence-corrected chi connectivity index (χ2v) is 6.50. The van der Waals surface area contributed by atoms with Crippen LogP contribution in [-0.2, 0) is 13.1 Å². The summed E-state index contributed by atoms with van der Waals surface area (Å²) in [7, 11) is 0. The number of halogens is 1. The zero-order valence-corrected chi connectivity index (χ0v) is 13.4. The zero-order chi connectivity index (χ0) is 15.1. The molecule has 5 heteroatoms. The Morgan fingerprint density at radius 1 is 1.48 bits per heavy atom. The topological polar surface area (TPSA) is 41.0 Å². The standard InChI is InChI=1S/C16H20ClN3O/c1-10(2)4-5-19-9-12-6-13(17)7-14-15(12)20(8-11(19)3)16(21)18-14/h4,6-7,11H,5,8-9H2,1-3H3,(H,18,21)/t11-/m0/s1. The highest BCUT2D eigenvalue weighted by Gasteiger charge is 2.23. The molecule has 0 saturated heterocycles. The first-order valence-corrected chi connectivity index (χ1v) is 7.62. The number of imidazole rings is 1. The SMILES string of the molecule is CC(C)=CCN1Cc2cc(Cl)cc3[nH]c(=O)n(c23)C[C@@H]1C. The van der Waals surface area contributed by atoms with E-state index in [-0.39, 0.29) is 5.69 Å². The normalized spacial score (nSPS) is 18.8. The van der Waals surface area contributed by atoms with E-state index in [9.17, 15) is 4.79 Å². The first-order chi connectivity index (χ1) is 9.95. The van der Waals surface area contributed by atoms with Crippen LogP contribution < -0.4 is 5.69 Å². The summed E-state index contributed by atoms with van der Waals surface area (Å²) in [5.74, 6) is 0. The fourth-order valence-corrected chi connectivity index (χ4v) is 3.19. The van der Waals surface area contributed by atoms with Crippen molar-refractivity contribution in [1.29, 1.82) is 0 Å². The molecule has 1 aliphatic rings. The van der Waals surface area contributed by atoms with Gasteiger partial charge in [0.05, 0.1) is 11.0 Å². The summed E-state index contributed by atoms with van der Waals surface area (Å²) in [6.07, 6.45) is 2.23. The number of H-pyrrole nitrogens is 1. The van der Waals surface area contributed by atoms with Crippen molar-refractivity contribution in [3.05, 3.63) is 44.9 Å². The van der Waals surface area contributed by atoms with Crippen LogP contribution in [0.1, 0.15) is 26.3 Å². The average molecular weight is 306 g/mol. The lowest BCUT2D eigenvalue weighted by Crippen LogP contribution is -2.36. The van der Waals surface area contributed by atoms with E-state index < -0.39 is 0 Å². The zero-order valence-electron chi connectivity index (χ0n) is 12.6. The number of rotatable bonds is 2. The van der Waals surface area contributed by atoms with Crippen molar-refractivity contribution < 1.29 is 0 Å². The molecule has 0 unspecified atom stereocenters. The Kier molecular flexibility index (Phi) is 3.68. The van der Waals surface area contributed by atoms with Gasteiger partial charge in [-0.05, 0) is 38.5 Å². The molecule has 0 aliphatic carbocycles. The van der Waals surface area contributed by atoms with E-state index in [1.54, 1.807) is 0 Å². The van der Waals surface area contributed by atoms with Gasteiger partial charge in [-0.25, -0.2) is 4.79 Å². The minimum atomic E-state index is -0.0515. The van der Waals surface area contributed by atoms with E-state index in [1.165, 1.54) is 5.57 Å². The van der Waals surface area contributed by atoms with Gasteiger partial charge in [0, 0.05) is 30.7 Å². The van der Waals surface area contributed by atoms with Gasteiger partial charge in [0.1, 0.15) is 0 Å². The number of benzene rings is 1. The smallest absolute Gasteiger partial charge is 0.305 e. The molecular formula is C16H20ClN3O. The Bertz CT molecular complexity index is 768. The Labute approximate surface area is 129 Å². The molecule has 3 rings (SSSR count). The number of allylic oxidation sites excluding steroid dienone is 1. The lowest BCUT2D eigenvalue weighted by Gasteiger charge is -2.26. The van der Waals surface area contributed by atoms with Crippen LogP contribution in [0.3, 0.4) is 0 Å². The van der Waals surface area contributed by atoms with Crippen molar-refractivity contribution in [2.75, 3.05) is 6.54 Å². The van der Waals surface area contributed by atoms with Crippen LogP contribution >= 0.6 is 11.6 Å². The van der Waals surface area contributed by atoms with Crippen molar-refractivity contribution in [2.45, 2.75) is 39.9 Å². The number of nitrogens with one attached hydrogen (secondary N) is 1. The highest BCUT2D eigenvalue weighted by atomic mass is 35.5. The Hall–Kier alpha value is -1.52. The van der Waals surface area contributed by atoms with Crippen LogP contribution in [0.2, 0.25) is 5.02 Å². The van der Waals surface area contributed by atoms with E-state index in [4.69, 9.17) is 11.6 Å². The molecule has 0 bridgehead atoms. The molecule has 4 nitrogen and oxygen atoms in total. The van der Waals surface area contributed by atoms with Crippen LogP contribution in [-0.4, -0.2) is 27.0 Å². The van der Waals surface area contributed by atoms with Gasteiger partial charge >= 0.3 is 5.69 Å². The van der Waals surface area contributed by atoms with E-state index >= 15 is 0 Å². The minimum absolute atomic E-state index is 0.0515. The molecule has 0 radical (unpaired) electrons. The molecule has 21 heavy (non-hydrogen) atoms. The number of hydrogen-bond donors (Lipinski definition) is 1. The fourth-order valence-electron chi connectivity index (χ4n) is 2.95. The first kappa shape index (κ1) is 14.4. The van der Waals surface area contributed by atoms with Gasteiger partial charge in [-0.2, -0.15) is 0 Å². The molecule has 2 aromatic rings. The van der Waals surface area contributed by atoms with Gasteiger partial charge in [0.25, 0.3) is 0 Å². The Balaban J connectivity index is 2.10. The number of aromatic nitrogens is 2. The predicted octanol–water partition coefficient (Wildman–Crippen LogP) is 3.15. The van der Waals surface area contributed by atoms with Crippen molar-refractivity contribution in [2.24, 2.45) is 0 Å². The molecule has 1 aliphatic heterocycles. The third-order valence-corrected chi connectivity index (χ3v) is 4.31. The van der Waals surface area contributed by atoms with Crippen LogP contribution in [0.25, 0.3) is 11.0 Å². The lowest BCUT2D eigenvalue weighted by molar-refractivity contribution is 0.210. The highest BCUT2D eigenvalue weighted by molar-refractivity contribution is 6.31. The van der Waals surface area contributed by atoms with Gasteiger partial charge in [0.2, 0.25) is 0 Å². The van der Waals surface area contributed by atoms with Crippen molar-refractivity contribution in [3.63, 3.8) is 0 Å². The van der Waals surface area contributed by atoms with Crippen LogP contribution in [0, 0.1) is 0 Å². The average Bonchev–Trinajstić information content (AvgIpc) is 2.61. The summed E-state index contributed by atoms with van der Waals surface area (Å²) in [5, 5.41) is 0.669. The summed E-state index contributed by atoms with van der Waals surface area (Å²) in [6.45, 7) is 8.77. The minimum Gasteiger partial charge on any atom is -0.305 e. The summed E-state index contributed by atoms with van der Waals surface area (Å²) in [5.41, 5.74) is 4.20. The summed E-state index contributed by atoms with van der Waals surface area (Å²) in [4.78, 5) is 17.5. The van der Waals surface area contributed by atoms with Crippen LogP contribution in [0.5, 0.6) is 0 Å². The molecular weight excluding hydrogens is 286 g/mol. The second-order valence-electron chi connectivity index (χ2n) is 6.06. The van der Waals surface area contributed by atoms with Crippen molar-refractivity contribution >= 4 is 22.6 Å².